The summed E-state index contributed by atoms with van der Waals surface area (Å²) < 4.78 is 4.07. The molecule has 10 nitrogen and oxygen atoms in total. The smallest absolute Gasteiger partial charge is 0.267 e. The molecule has 38 heavy (non-hydrogen) atoms. The van der Waals surface area contributed by atoms with Crippen LogP contribution in [-0.4, -0.2) is 41.3 Å². The van der Waals surface area contributed by atoms with Gasteiger partial charge in [0.25, 0.3) is 11.8 Å². The molecule has 0 radical (unpaired) electrons. The number of amides is 2. The van der Waals surface area contributed by atoms with E-state index in [4.69, 9.17) is 10.4 Å². The highest BCUT2D eigenvalue weighted by Crippen LogP contribution is 2.10. The Morgan fingerprint density at radius 1 is 0.816 bits per heavy atom. The van der Waals surface area contributed by atoms with Gasteiger partial charge in [-0.05, 0) is 48.3 Å². The Kier molecular flexibility index (Phi) is 10.3. The fraction of sp³-hybridized carbons (Fsp3) is 0.143. The van der Waals surface area contributed by atoms with Crippen LogP contribution in [0.1, 0.15) is 33.6 Å². The number of carbonyl (C=O) groups excluding carboxylic acids is 2. The zero-order chi connectivity index (χ0) is 27.3. The first-order chi connectivity index (χ1) is 18.4. The van der Waals surface area contributed by atoms with Crippen molar-refractivity contribution in [3.05, 3.63) is 119 Å². The number of aryl methyl sites for hydroxylation is 2. The van der Waals surface area contributed by atoms with E-state index < -0.39 is 11.8 Å². The van der Waals surface area contributed by atoms with Crippen LogP contribution in [0.3, 0.4) is 0 Å². The summed E-state index contributed by atoms with van der Waals surface area (Å²) in [6, 6.07) is 15.6. The Bertz CT molecular complexity index is 1390. The number of hydroxylamine groups is 2. The molecule has 0 unspecified atom stereocenters. The molecule has 2 aromatic heterocycles. The van der Waals surface area contributed by atoms with Gasteiger partial charge in [-0.2, -0.15) is 0 Å². The predicted octanol–water partition coefficient (Wildman–Crippen LogP) is 3.52. The number of hydrogen-bond donors (Lipinski definition) is 4. The maximum atomic E-state index is 10.8. The van der Waals surface area contributed by atoms with Gasteiger partial charge in [-0.1, -0.05) is 48.5 Å². The normalized spacial score (nSPS) is 10.8. The number of benzene rings is 2. The Morgan fingerprint density at radius 3 is 1.76 bits per heavy atom. The third-order valence-corrected chi connectivity index (χ3v) is 5.44. The van der Waals surface area contributed by atoms with Crippen molar-refractivity contribution in [1.29, 1.82) is 0 Å². The lowest BCUT2D eigenvalue weighted by Gasteiger charge is -2.05. The molecule has 0 aliphatic rings. The number of rotatable bonds is 8. The van der Waals surface area contributed by atoms with Gasteiger partial charge in [-0.3, -0.25) is 20.0 Å². The number of carbonyl (C=O) groups is 2. The van der Waals surface area contributed by atoms with E-state index in [0.717, 1.165) is 46.7 Å². The highest BCUT2D eigenvalue weighted by molar-refractivity contribution is 5.91. The number of imidazole rings is 2. The van der Waals surface area contributed by atoms with Gasteiger partial charge in [0.2, 0.25) is 0 Å². The molecule has 0 spiro atoms. The number of aromatic nitrogens is 4. The van der Waals surface area contributed by atoms with E-state index in [1.54, 1.807) is 35.8 Å². The molecule has 0 fully saturated rings. The van der Waals surface area contributed by atoms with Crippen molar-refractivity contribution in [2.24, 2.45) is 0 Å². The standard InChI is InChI=1S/2C14H15N3O2/c1-11-8-17(10-15-11)9-13-4-2-12(3-5-13)6-7-14(18)16-19;1-11-8-15-10-17(11)9-13-4-2-12(3-5-13)6-7-14(18)16-19/h2*2-8,10,19H,9H2,1H3,(H,16,18)/b2*7-6+. The molecule has 10 heteroatoms. The molecule has 0 aliphatic carbocycles. The molecule has 0 aliphatic heterocycles. The van der Waals surface area contributed by atoms with Crippen LogP contribution in [0.5, 0.6) is 0 Å². The molecule has 0 saturated carbocycles. The third kappa shape index (κ3) is 9.01. The molecule has 196 valence electrons. The number of nitrogens with zero attached hydrogens (tertiary/aromatic N) is 4. The van der Waals surface area contributed by atoms with Gasteiger partial charge in [0, 0.05) is 43.3 Å². The van der Waals surface area contributed by atoms with Gasteiger partial charge in [0.1, 0.15) is 0 Å². The van der Waals surface area contributed by atoms with E-state index >= 15 is 0 Å². The first-order valence-corrected chi connectivity index (χ1v) is 11.7. The van der Waals surface area contributed by atoms with Gasteiger partial charge >= 0.3 is 0 Å². The second kappa shape index (κ2) is 14.1. The number of nitrogens with one attached hydrogen (secondary N) is 2. The molecular weight excluding hydrogens is 484 g/mol. The van der Waals surface area contributed by atoms with E-state index in [1.165, 1.54) is 12.2 Å². The lowest BCUT2D eigenvalue weighted by atomic mass is 10.1. The van der Waals surface area contributed by atoms with Crippen LogP contribution in [0.25, 0.3) is 12.2 Å². The second-order valence-electron chi connectivity index (χ2n) is 8.45. The van der Waals surface area contributed by atoms with Crippen LogP contribution in [-0.2, 0) is 22.7 Å². The fourth-order valence-corrected chi connectivity index (χ4v) is 3.40. The number of hydrogen-bond acceptors (Lipinski definition) is 6. The monoisotopic (exact) mass is 514 g/mol. The van der Waals surface area contributed by atoms with E-state index in [2.05, 4.69) is 14.5 Å². The molecule has 4 rings (SSSR count). The highest BCUT2D eigenvalue weighted by Gasteiger charge is 1.99. The molecule has 2 aromatic carbocycles. The van der Waals surface area contributed by atoms with Crippen LogP contribution >= 0.6 is 0 Å². The van der Waals surface area contributed by atoms with E-state index in [0.29, 0.717) is 0 Å². The minimum Gasteiger partial charge on any atom is -0.333 e. The predicted molar refractivity (Wildman–Crippen MR) is 143 cm³/mol. The Morgan fingerprint density at radius 2 is 1.34 bits per heavy atom. The first kappa shape index (κ1) is 27.8. The average molecular weight is 515 g/mol. The molecule has 0 saturated heterocycles. The highest BCUT2D eigenvalue weighted by atomic mass is 16.5. The second-order valence-corrected chi connectivity index (χ2v) is 8.45. The minimum atomic E-state index is -0.544. The van der Waals surface area contributed by atoms with Crippen molar-refractivity contribution in [3.63, 3.8) is 0 Å². The average Bonchev–Trinajstić information content (AvgIpc) is 3.54. The molecule has 2 heterocycles. The Hall–Kier alpha value is -4.80. The zero-order valence-corrected chi connectivity index (χ0v) is 21.2. The van der Waals surface area contributed by atoms with Gasteiger partial charge in [-0.25, -0.2) is 20.9 Å². The maximum absolute atomic E-state index is 10.8. The van der Waals surface area contributed by atoms with Crippen molar-refractivity contribution >= 4 is 24.0 Å². The Labute approximate surface area is 220 Å². The van der Waals surface area contributed by atoms with Crippen molar-refractivity contribution in [2.45, 2.75) is 26.9 Å². The van der Waals surface area contributed by atoms with Crippen LogP contribution < -0.4 is 11.0 Å². The van der Waals surface area contributed by atoms with Crippen LogP contribution in [0.4, 0.5) is 0 Å². The Balaban J connectivity index is 0.000000211. The summed E-state index contributed by atoms with van der Waals surface area (Å²) in [7, 11) is 0. The van der Waals surface area contributed by atoms with Crippen molar-refractivity contribution in [3.8, 4) is 0 Å². The third-order valence-electron chi connectivity index (χ3n) is 5.44. The van der Waals surface area contributed by atoms with Crippen molar-refractivity contribution in [2.75, 3.05) is 0 Å². The SMILES string of the molecule is Cc1cn(Cc2ccc(/C=C/C(=O)NO)cc2)cn1.Cc1cncn1Cc1ccc(/C=C/C(=O)NO)cc1. The zero-order valence-electron chi connectivity index (χ0n) is 21.2. The molecular formula is C28H30N6O4. The summed E-state index contributed by atoms with van der Waals surface area (Å²) >= 11 is 0. The maximum Gasteiger partial charge on any atom is 0.267 e. The van der Waals surface area contributed by atoms with Crippen molar-refractivity contribution < 1.29 is 20.0 Å². The lowest BCUT2D eigenvalue weighted by Crippen LogP contribution is -2.14. The van der Waals surface area contributed by atoms with E-state index in [-0.39, 0.29) is 0 Å². The molecule has 2 amide bonds. The van der Waals surface area contributed by atoms with Crippen LogP contribution in [0.2, 0.25) is 0 Å². The fourth-order valence-electron chi connectivity index (χ4n) is 3.40. The quantitative estimate of drug-likeness (QED) is 0.162. The van der Waals surface area contributed by atoms with E-state index in [1.807, 2.05) is 79.3 Å². The van der Waals surface area contributed by atoms with Crippen LogP contribution in [0, 0.1) is 13.8 Å². The molecule has 4 aromatic rings. The summed E-state index contributed by atoms with van der Waals surface area (Å²) in [6.07, 6.45) is 13.2. The minimum absolute atomic E-state index is 0.543. The van der Waals surface area contributed by atoms with Crippen LogP contribution in [0.15, 0.2) is 85.7 Å². The topological polar surface area (TPSA) is 134 Å². The van der Waals surface area contributed by atoms with Gasteiger partial charge in [0.05, 0.1) is 18.3 Å². The molecule has 0 bridgehead atoms. The summed E-state index contributed by atoms with van der Waals surface area (Å²) in [5, 5.41) is 16.7. The molecule has 0 atom stereocenters. The summed E-state index contributed by atoms with van der Waals surface area (Å²) in [5.74, 6) is -1.09. The summed E-state index contributed by atoms with van der Waals surface area (Å²) in [5.41, 5.74) is 9.31. The summed E-state index contributed by atoms with van der Waals surface area (Å²) in [6.45, 7) is 5.50. The van der Waals surface area contributed by atoms with E-state index in [9.17, 15) is 9.59 Å². The van der Waals surface area contributed by atoms with Crippen molar-refractivity contribution in [1.82, 2.24) is 30.1 Å². The first-order valence-electron chi connectivity index (χ1n) is 11.7. The largest absolute Gasteiger partial charge is 0.333 e. The summed E-state index contributed by atoms with van der Waals surface area (Å²) in [4.78, 5) is 29.9. The molecule has 4 N–H and O–H groups in total. The van der Waals surface area contributed by atoms with Gasteiger partial charge < -0.3 is 9.13 Å². The van der Waals surface area contributed by atoms with Gasteiger partial charge in [-0.15, -0.1) is 0 Å². The lowest BCUT2D eigenvalue weighted by molar-refractivity contribution is -0.124. The van der Waals surface area contributed by atoms with Gasteiger partial charge in [0.15, 0.2) is 0 Å².